The van der Waals surface area contributed by atoms with Crippen LogP contribution in [0.5, 0.6) is 0 Å². The number of nitrogens with zero attached hydrogens (tertiary/aromatic N) is 3. The molecular formula is C19H18F3N3O2. The number of alkyl halides is 3. The number of rotatable bonds is 5. The molecule has 0 unspecified atom stereocenters. The van der Waals surface area contributed by atoms with Crippen molar-refractivity contribution in [2.24, 2.45) is 0 Å². The Morgan fingerprint density at radius 2 is 2.00 bits per heavy atom. The molecule has 1 aromatic carbocycles. The standard InChI is InChI=1S/C19H18F3N3O2/c1-2-24(10-11-26)18(27)16-17(25-9-4-3-8-15(25)23-16)13-6-5-7-14(12-13)19(20,21)22/h3-9,12,26H,2,10-11H2,1H3. The number of amides is 1. The molecule has 142 valence electrons. The van der Waals surface area contributed by atoms with Crippen LogP contribution in [0.1, 0.15) is 23.0 Å². The Labute approximate surface area is 153 Å². The van der Waals surface area contributed by atoms with Crippen molar-refractivity contribution in [2.75, 3.05) is 19.7 Å². The fourth-order valence-corrected chi connectivity index (χ4v) is 2.94. The molecule has 0 aliphatic carbocycles. The summed E-state index contributed by atoms with van der Waals surface area (Å²) < 4.78 is 41.0. The first kappa shape index (κ1) is 18.9. The maximum Gasteiger partial charge on any atom is 0.416 e. The second-order valence-electron chi connectivity index (χ2n) is 5.92. The highest BCUT2D eigenvalue weighted by molar-refractivity contribution is 5.99. The zero-order chi connectivity index (χ0) is 19.6. The molecule has 1 N–H and O–H groups in total. The molecule has 1 amide bonds. The van der Waals surface area contributed by atoms with Gasteiger partial charge in [0.15, 0.2) is 5.69 Å². The Balaban J connectivity index is 2.21. The molecule has 0 radical (unpaired) electrons. The Hall–Kier alpha value is -2.87. The highest BCUT2D eigenvalue weighted by Gasteiger charge is 2.31. The smallest absolute Gasteiger partial charge is 0.395 e. The van der Waals surface area contributed by atoms with E-state index in [-0.39, 0.29) is 30.1 Å². The average Bonchev–Trinajstić information content (AvgIpc) is 3.04. The maximum absolute atomic E-state index is 13.1. The van der Waals surface area contributed by atoms with Gasteiger partial charge in [0.05, 0.1) is 17.9 Å². The van der Waals surface area contributed by atoms with Gasteiger partial charge in [-0.3, -0.25) is 9.20 Å². The Kier molecular flexibility index (Phi) is 5.18. The van der Waals surface area contributed by atoms with Crippen LogP contribution >= 0.6 is 0 Å². The van der Waals surface area contributed by atoms with Crippen molar-refractivity contribution >= 4 is 11.6 Å². The number of imidazole rings is 1. The number of benzene rings is 1. The number of aromatic nitrogens is 2. The number of aliphatic hydroxyl groups is 1. The van der Waals surface area contributed by atoms with E-state index in [1.165, 1.54) is 17.0 Å². The van der Waals surface area contributed by atoms with Crippen molar-refractivity contribution in [3.8, 4) is 11.3 Å². The third-order valence-electron chi connectivity index (χ3n) is 4.23. The molecular weight excluding hydrogens is 359 g/mol. The molecule has 0 saturated carbocycles. The lowest BCUT2D eigenvalue weighted by Gasteiger charge is -2.19. The Bertz CT molecular complexity index is 966. The normalized spacial score (nSPS) is 11.7. The first-order valence-corrected chi connectivity index (χ1v) is 8.41. The number of carbonyl (C=O) groups excluding carboxylic acids is 1. The minimum absolute atomic E-state index is 0.0517. The van der Waals surface area contributed by atoms with Gasteiger partial charge >= 0.3 is 6.18 Å². The molecule has 8 heteroatoms. The van der Waals surface area contributed by atoms with Crippen LogP contribution in [0.15, 0.2) is 48.7 Å². The average molecular weight is 377 g/mol. The van der Waals surface area contributed by atoms with Crippen molar-refractivity contribution in [1.29, 1.82) is 0 Å². The molecule has 0 atom stereocenters. The van der Waals surface area contributed by atoms with Crippen LogP contribution < -0.4 is 0 Å². The third kappa shape index (κ3) is 3.66. The zero-order valence-corrected chi connectivity index (χ0v) is 14.6. The minimum atomic E-state index is -4.49. The number of likely N-dealkylation sites (N-methyl/N-ethyl adjacent to an activating group) is 1. The van der Waals surface area contributed by atoms with Gasteiger partial charge in [-0.2, -0.15) is 13.2 Å². The summed E-state index contributed by atoms with van der Waals surface area (Å²) in [6.45, 7) is 2.00. The molecule has 3 aromatic rings. The molecule has 0 bridgehead atoms. The number of aliphatic hydroxyl groups excluding tert-OH is 1. The van der Waals surface area contributed by atoms with Crippen LogP contribution in [-0.4, -0.2) is 45.0 Å². The SMILES string of the molecule is CCN(CCO)C(=O)c1nc2ccccn2c1-c1cccc(C(F)(F)F)c1. The zero-order valence-electron chi connectivity index (χ0n) is 14.6. The molecule has 2 heterocycles. The predicted octanol–water partition coefficient (Wildman–Crippen LogP) is 3.47. The number of carbonyl (C=O) groups is 1. The Morgan fingerprint density at radius 3 is 2.67 bits per heavy atom. The number of halogens is 3. The van der Waals surface area contributed by atoms with Gasteiger partial charge in [0.25, 0.3) is 5.91 Å². The summed E-state index contributed by atoms with van der Waals surface area (Å²) in [6.07, 6.45) is -2.84. The lowest BCUT2D eigenvalue weighted by molar-refractivity contribution is -0.137. The molecule has 0 aliphatic rings. The molecule has 0 fully saturated rings. The second kappa shape index (κ2) is 7.40. The summed E-state index contributed by atoms with van der Waals surface area (Å²) in [6, 6.07) is 9.94. The van der Waals surface area contributed by atoms with Crippen molar-refractivity contribution in [2.45, 2.75) is 13.1 Å². The van der Waals surface area contributed by atoms with Gasteiger partial charge in [-0.1, -0.05) is 18.2 Å². The van der Waals surface area contributed by atoms with E-state index in [1.54, 1.807) is 35.7 Å². The van der Waals surface area contributed by atoms with E-state index < -0.39 is 17.6 Å². The topological polar surface area (TPSA) is 57.8 Å². The minimum Gasteiger partial charge on any atom is -0.395 e. The summed E-state index contributed by atoms with van der Waals surface area (Å²) in [4.78, 5) is 18.7. The molecule has 2 aromatic heterocycles. The largest absolute Gasteiger partial charge is 0.416 e. The molecule has 0 spiro atoms. The van der Waals surface area contributed by atoms with Crippen molar-refractivity contribution < 1.29 is 23.1 Å². The van der Waals surface area contributed by atoms with Crippen LogP contribution in [0, 0.1) is 0 Å². The fraction of sp³-hybridized carbons (Fsp3) is 0.263. The van der Waals surface area contributed by atoms with Gasteiger partial charge < -0.3 is 10.0 Å². The van der Waals surface area contributed by atoms with E-state index in [0.29, 0.717) is 12.2 Å². The van der Waals surface area contributed by atoms with Gasteiger partial charge in [-0.25, -0.2) is 4.98 Å². The lowest BCUT2D eigenvalue weighted by atomic mass is 10.1. The molecule has 0 saturated heterocycles. The van der Waals surface area contributed by atoms with Crippen LogP contribution in [0.2, 0.25) is 0 Å². The summed E-state index contributed by atoms with van der Waals surface area (Å²) in [5, 5.41) is 9.17. The van der Waals surface area contributed by atoms with Crippen molar-refractivity contribution in [1.82, 2.24) is 14.3 Å². The van der Waals surface area contributed by atoms with Crippen LogP contribution in [0.3, 0.4) is 0 Å². The summed E-state index contributed by atoms with van der Waals surface area (Å²) in [5.41, 5.74) is 0.237. The summed E-state index contributed by atoms with van der Waals surface area (Å²) >= 11 is 0. The van der Waals surface area contributed by atoms with E-state index in [9.17, 15) is 23.1 Å². The first-order chi connectivity index (χ1) is 12.9. The van der Waals surface area contributed by atoms with E-state index in [2.05, 4.69) is 4.98 Å². The number of hydrogen-bond donors (Lipinski definition) is 1. The first-order valence-electron chi connectivity index (χ1n) is 8.41. The molecule has 3 rings (SSSR count). The van der Waals surface area contributed by atoms with Crippen LogP contribution in [0.25, 0.3) is 16.9 Å². The fourth-order valence-electron chi connectivity index (χ4n) is 2.94. The van der Waals surface area contributed by atoms with Crippen LogP contribution in [-0.2, 0) is 6.18 Å². The maximum atomic E-state index is 13.1. The highest BCUT2D eigenvalue weighted by Crippen LogP contribution is 2.33. The van der Waals surface area contributed by atoms with Gasteiger partial charge in [-0.15, -0.1) is 0 Å². The summed E-state index contributed by atoms with van der Waals surface area (Å²) in [5.74, 6) is -0.442. The van der Waals surface area contributed by atoms with E-state index >= 15 is 0 Å². The van der Waals surface area contributed by atoms with E-state index in [0.717, 1.165) is 12.1 Å². The quantitative estimate of drug-likeness (QED) is 0.741. The van der Waals surface area contributed by atoms with Gasteiger partial charge in [0.1, 0.15) is 5.65 Å². The van der Waals surface area contributed by atoms with Gasteiger partial charge in [0, 0.05) is 24.8 Å². The van der Waals surface area contributed by atoms with Crippen LogP contribution in [0.4, 0.5) is 13.2 Å². The number of fused-ring (bicyclic) bond motifs is 1. The van der Waals surface area contributed by atoms with Gasteiger partial charge in [0.2, 0.25) is 0 Å². The molecule has 5 nitrogen and oxygen atoms in total. The van der Waals surface area contributed by atoms with Gasteiger partial charge in [-0.05, 0) is 31.2 Å². The summed E-state index contributed by atoms with van der Waals surface area (Å²) in [7, 11) is 0. The van der Waals surface area contributed by atoms with E-state index in [1.807, 2.05) is 0 Å². The molecule has 0 aliphatic heterocycles. The monoisotopic (exact) mass is 377 g/mol. The second-order valence-corrected chi connectivity index (χ2v) is 5.92. The molecule has 27 heavy (non-hydrogen) atoms. The highest BCUT2D eigenvalue weighted by atomic mass is 19.4. The third-order valence-corrected chi connectivity index (χ3v) is 4.23. The van der Waals surface area contributed by atoms with E-state index in [4.69, 9.17) is 0 Å². The van der Waals surface area contributed by atoms with Crippen molar-refractivity contribution in [3.05, 3.63) is 59.9 Å². The Morgan fingerprint density at radius 1 is 1.22 bits per heavy atom. The predicted molar refractivity (Wildman–Crippen MR) is 94.3 cm³/mol. The lowest BCUT2D eigenvalue weighted by Crippen LogP contribution is -2.33. The van der Waals surface area contributed by atoms with Crippen molar-refractivity contribution in [3.63, 3.8) is 0 Å². The number of hydrogen-bond acceptors (Lipinski definition) is 3. The number of pyridine rings is 1.